The first-order valence-electron chi connectivity index (χ1n) is 18.7. The predicted molar refractivity (Wildman–Crippen MR) is 231 cm³/mol. The van der Waals surface area contributed by atoms with Gasteiger partial charge in [-0.2, -0.15) is 0 Å². The second kappa shape index (κ2) is 12.6. The normalized spacial score (nSPS) is 11.6. The third kappa shape index (κ3) is 5.20. The molecule has 256 valence electrons. The molecular weight excluding hydrogens is 667 g/mol. The van der Waals surface area contributed by atoms with Crippen molar-refractivity contribution in [3.05, 3.63) is 200 Å². The zero-order chi connectivity index (χ0) is 36.3. The summed E-state index contributed by atoms with van der Waals surface area (Å²) in [5.74, 6) is 0.649. The highest BCUT2D eigenvalue weighted by Gasteiger charge is 2.21. The lowest BCUT2D eigenvalue weighted by molar-refractivity contribution is 1.01. The van der Waals surface area contributed by atoms with Crippen LogP contribution in [0.1, 0.15) is 0 Å². The molecule has 9 aromatic carbocycles. The van der Waals surface area contributed by atoms with E-state index < -0.39 is 0 Å². The van der Waals surface area contributed by atoms with E-state index >= 15 is 0 Å². The van der Waals surface area contributed by atoms with Gasteiger partial charge in [0.15, 0.2) is 0 Å². The summed E-state index contributed by atoms with van der Waals surface area (Å²) in [6.45, 7) is 0. The van der Waals surface area contributed by atoms with Crippen LogP contribution in [0.2, 0.25) is 0 Å². The molecule has 11 aromatic rings. The lowest BCUT2D eigenvalue weighted by atomic mass is 9.90. The minimum absolute atomic E-state index is 0.649. The molecule has 0 radical (unpaired) electrons. The molecule has 0 aliphatic heterocycles. The molecule has 3 heteroatoms. The largest absolute Gasteiger partial charge is 0.278 e. The van der Waals surface area contributed by atoms with Crippen molar-refractivity contribution < 1.29 is 0 Å². The molecule has 0 spiro atoms. The highest BCUT2D eigenvalue weighted by atomic mass is 15.2. The van der Waals surface area contributed by atoms with E-state index in [1.807, 2.05) is 0 Å². The molecule has 0 atom stereocenters. The fraction of sp³-hybridized carbons (Fsp3) is 0. The topological polar surface area (TPSA) is 30.7 Å². The molecule has 0 unspecified atom stereocenters. The van der Waals surface area contributed by atoms with Crippen LogP contribution in [0.25, 0.3) is 105 Å². The van der Waals surface area contributed by atoms with Crippen LogP contribution in [0.3, 0.4) is 0 Å². The van der Waals surface area contributed by atoms with E-state index in [0.717, 1.165) is 60.8 Å². The molecule has 0 saturated carbocycles. The lowest BCUT2D eigenvalue weighted by Crippen LogP contribution is -2.04. The summed E-state index contributed by atoms with van der Waals surface area (Å²) in [5, 5.41) is 8.10. The molecule has 55 heavy (non-hydrogen) atoms. The van der Waals surface area contributed by atoms with Gasteiger partial charge in [0, 0.05) is 21.7 Å². The Morgan fingerprint density at radius 2 is 0.873 bits per heavy atom. The van der Waals surface area contributed by atoms with Crippen LogP contribution >= 0.6 is 0 Å². The Labute approximate surface area is 318 Å². The molecule has 0 aliphatic carbocycles. The van der Waals surface area contributed by atoms with Crippen molar-refractivity contribution in [2.24, 2.45) is 0 Å². The van der Waals surface area contributed by atoms with Crippen molar-refractivity contribution in [1.82, 2.24) is 14.5 Å². The van der Waals surface area contributed by atoms with E-state index in [0.29, 0.717) is 5.95 Å². The third-order valence-corrected chi connectivity index (χ3v) is 11.0. The Morgan fingerprint density at radius 1 is 0.309 bits per heavy atom. The maximum Gasteiger partial charge on any atom is 0.235 e. The van der Waals surface area contributed by atoms with Crippen molar-refractivity contribution in [2.75, 3.05) is 0 Å². The van der Waals surface area contributed by atoms with Gasteiger partial charge < -0.3 is 0 Å². The number of para-hydroxylation sites is 1. The molecule has 2 heterocycles. The maximum absolute atomic E-state index is 5.59. The predicted octanol–water partition coefficient (Wildman–Crippen LogP) is 13.7. The Morgan fingerprint density at radius 3 is 1.65 bits per heavy atom. The van der Waals surface area contributed by atoms with Gasteiger partial charge in [0.1, 0.15) is 0 Å². The minimum atomic E-state index is 0.649. The molecule has 0 amide bonds. The molecular formula is C52H33N3. The van der Waals surface area contributed by atoms with Gasteiger partial charge in [-0.3, -0.25) is 4.57 Å². The average Bonchev–Trinajstić information content (AvgIpc) is 3.58. The van der Waals surface area contributed by atoms with E-state index in [1.54, 1.807) is 0 Å². The SMILES string of the molecule is c1ccc(-c2ccc(-c3cc4c(-c5cccc6ccccc56)nc(-n5c6ccccc6c6cc7ccccc7cc65)nc4cc3-c3ccccc3)cc2)cc1. The van der Waals surface area contributed by atoms with Crippen LogP contribution in [-0.4, -0.2) is 14.5 Å². The monoisotopic (exact) mass is 699 g/mol. The first kappa shape index (κ1) is 31.2. The Balaban J connectivity index is 1.23. The molecule has 3 nitrogen and oxygen atoms in total. The Bertz CT molecular complexity index is 3230. The van der Waals surface area contributed by atoms with Crippen molar-refractivity contribution in [3.63, 3.8) is 0 Å². The van der Waals surface area contributed by atoms with E-state index in [4.69, 9.17) is 9.97 Å². The number of hydrogen-bond donors (Lipinski definition) is 0. The summed E-state index contributed by atoms with van der Waals surface area (Å²) < 4.78 is 2.25. The van der Waals surface area contributed by atoms with E-state index in [9.17, 15) is 0 Å². The first-order chi connectivity index (χ1) is 27.3. The summed E-state index contributed by atoms with van der Waals surface area (Å²) in [6.07, 6.45) is 0. The third-order valence-electron chi connectivity index (χ3n) is 11.0. The van der Waals surface area contributed by atoms with Crippen LogP contribution in [-0.2, 0) is 0 Å². The molecule has 0 bridgehead atoms. The van der Waals surface area contributed by atoms with Crippen molar-refractivity contribution in [1.29, 1.82) is 0 Å². The Hall–Kier alpha value is -7.36. The molecule has 0 saturated heterocycles. The number of benzene rings is 9. The van der Waals surface area contributed by atoms with Gasteiger partial charge in [0.25, 0.3) is 0 Å². The number of aromatic nitrogens is 3. The average molecular weight is 700 g/mol. The van der Waals surface area contributed by atoms with Crippen molar-refractivity contribution in [2.45, 2.75) is 0 Å². The smallest absolute Gasteiger partial charge is 0.235 e. The van der Waals surface area contributed by atoms with Crippen LogP contribution in [0.5, 0.6) is 0 Å². The second-order valence-electron chi connectivity index (χ2n) is 14.2. The zero-order valence-electron chi connectivity index (χ0n) is 29.9. The van der Waals surface area contributed by atoms with Crippen LogP contribution in [0.4, 0.5) is 0 Å². The number of nitrogens with zero attached hydrogens (tertiary/aromatic N) is 3. The van der Waals surface area contributed by atoms with Gasteiger partial charge in [-0.25, -0.2) is 9.97 Å². The molecule has 0 aliphatic rings. The molecule has 0 fully saturated rings. The van der Waals surface area contributed by atoms with Crippen LogP contribution in [0, 0.1) is 0 Å². The summed E-state index contributed by atoms with van der Waals surface area (Å²) >= 11 is 0. The van der Waals surface area contributed by atoms with Crippen LogP contribution < -0.4 is 0 Å². The van der Waals surface area contributed by atoms with Gasteiger partial charge in [-0.15, -0.1) is 0 Å². The summed E-state index contributed by atoms with van der Waals surface area (Å²) in [5.41, 5.74) is 12.0. The van der Waals surface area contributed by atoms with Gasteiger partial charge in [-0.05, 0) is 85.3 Å². The van der Waals surface area contributed by atoms with Gasteiger partial charge in [0.2, 0.25) is 5.95 Å². The lowest BCUT2D eigenvalue weighted by Gasteiger charge is -2.17. The van der Waals surface area contributed by atoms with E-state index in [-0.39, 0.29) is 0 Å². The number of rotatable bonds is 5. The number of fused-ring (bicyclic) bond motifs is 6. The maximum atomic E-state index is 5.59. The summed E-state index contributed by atoms with van der Waals surface area (Å²) in [6, 6.07) is 71.6. The first-order valence-corrected chi connectivity index (χ1v) is 18.7. The molecule has 11 rings (SSSR count). The fourth-order valence-electron chi connectivity index (χ4n) is 8.34. The highest BCUT2D eigenvalue weighted by Crippen LogP contribution is 2.41. The molecule has 2 aromatic heterocycles. The Kier molecular flexibility index (Phi) is 7.17. The zero-order valence-corrected chi connectivity index (χ0v) is 29.9. The highest BCUT2D eigenvalue weighted by molar-refractivity contribution is 6.14. The summed E-state index contributed by atoms with van der Waals surface area (Å²) in [4.78, 5) is 11.1. The van der Waals surface area contributed by atoms with Crippen molar-refractivity contribution >= 4 is 54.3 Å². The van der Waals surface area contributed by atoms with E-state index in [1.165, 1.54) is 38.1 Å². The van der Waals surface area contributed by atoms with Gasteiger partial charge >= 0.3 is 0 Å². The second-order valence-corrected chi connectivity index (χ2v) is 14.2. The summed E-state index contributed by atoms with van der Waals surface area (Å²) in [7, 11) is 0. The van der Waals surface area contributed by atoms with Gasteiger partial charge in [0.05, 0.1) is 22.2 Å². The van der Waals surface area contributed by atoms with Crippen molar-refractivity contribution in [3.8, 4) is 50.6 Å². The number of hydrogen-bond acceptors (Lipinski definition) is 2. The van der Waals surface area contributed by atoms with E-state index in [2.05, 4.69) is 205 Å². The standard InChI is InChI=1S/C52H33N3/c1-3-14-34(15-4-1)35-26-28-38(29-27-35)44-32-47-48(33-45(44)37-16-5-2-6-17-37)53-52(54-51(47)43-24-13-21-36-18-9-10-22-41(36)43)55-49-25-12-11-23-42(49)46-30-39-19-7-8-20-40(39)31-50(46)55/h1-33H. The fourth-order valence-corrected chi connectivity index (χ4v) is 8.34. The molecule has 0 N–H and O–H groups in total. The van der Waals surface area contributed by atoms with Crippen LogP contribution in [0.15, 0.2) is 200 Å². The van der Waals surface area contributed by atoms with Gasteiger partial charge in [-0.1, -0.05) is 170 Å². The minimum Gasteiger partial charge on any atom is -0.278 e. The quantitative estimate of drug-likeness (QED) is 0.179.